The van der Waals surface area contributed by atoms with Crippen molar-refractivity contribution in [2.24, 2.45) is 5.73 Å². The van der Waals surface area contributed by atoms with Crippen LogP contribution in [0.1, 0.15) is 56.3 Å². The molecule has 2 heterocycles. The molecule has 0 spiro atoms. The highest BCUT2D eigenvalue weighted by molar-refractivity contribution is 9.10. The molecule has 2 aromatic heterocycles. The maximum Gasteiger partial charge on any atom is 0.341 e. The van der Waals surface area contributed by atoms with E-state index in [9.17, 15) is 14.4 Å². The highest BCUT2D eigenvalue weighted by atomic mass is 79.9. The van der Waals surface area contributed by atoms with Crippen molar-refractivity contribution >= 4 is 50.1 Å². The minimum absolute atomic E-state index is 0.143. The van der Waals surface area contributed by atoms with Gasteiger partial charge in [-0.15, -0.1) is 11.3 Å². The predicted molar refractivity (Wildman–Crippen MR) is 102 cm³/mol. The Morgan fingerprint density at radius 2 is 2.08 bits per heavy atom. The van der Waals surface area contributed by atoms with Crippen molar-refractivity contribution in [2.45, 2.75) is 33.7 Å². The first-order valence-electron chi connectivity index (χ1n) is 7.94. The van der Waals surface area contributed by atoms with E-state index in [0.29, 0.717) is 28.7 Å². The molecule has 0 radical (unpaired) electrons. The van der Waals surface area contributed by atoms with Gasteiger partial charge in [-0.1, -0.05) is 6.92 Å². The second-order valence-corrected chi connectivity index (χ2v) is 7.25. The first-order valence-corrected chi connectivity index (χ1v) is 9.55. The van der Waals surface area contributed by atoms with Crippen molar-refractivity contribution in [1.29, 1.82) is 0 Å². The summed E-state index contributed by atoms with van der Waals surface area (Å²) in [5.74, 6) is -1.73. The molecule has 26 heavy (non-hydrogen) atoms. The highest BCUT2D eigenvalue weighted by Crippen LogP contribution is 2.34. The fraction of sp³-hybridized carbons (Fsp3) is 0.375. The standard InChI is InChI=1S/C16H19BrN4O4S/c1-4-6-25-16(24)10-8(3)12(13(18)22)26-15(10)20-14(23)11-9(17)7-19-21(11)5-2/h7H,4-6H2,1-3H3,(H2,18,22)(H,20,23). The molecule has 140 valence electrons. The van der Waals surface area contributed by atoms with E-state index in [0.717, 1.165) is 11.3 Å². The summed E-state index contributed by atoms with van der Waals surface area (Å²) in [6.07, 6.45) is 2.17. The van der Waals surface area contributed by atoms with E-state index in [-0.39, 0.29) is 22.0 Å². The van der Waals surface area contributed by atoms with Crippen LogP contribution in [0.25, 0.3) is 0 Å². The second kappa shape index (κ2) is 8.45. The number of aromatic nitrogens is 2. The van der Waals surface area contributed by atoms with Crippen LogP contribution in [0.4, 0.5) is 5.00 Å². The minimum atomic E-state index is -0.669. The van der Waals surface area contributed by atoms with E-state index < -0.39 is 17.8 Å². The van der Waals surface area contributed by atoms with E-state index in [1.807, 2.05) is 13.8 Å². The molecule has 3 N–H and O–H groups in total. The van der Waals surface area contributed by atoms with Crippen LogP contribution >= 0.6 is 27.3 Å². The number of nitrogens with zero attached hydrogens (tertiary/aromatic N) is 2. The third kappa shape index (κ3) is 3.96. The zero-order valence-electron chi connectivity index (χ0n) is 14.6. The molecule has 0 bridgehead atoms. The fourth-order valence-corrected chi connectivity index (χ4v) is 3.86. The van der Waals surface area contributed by atoms with Crippen LogP contribution < -0.4 is 11.1 Å². The molecule has 8 nitrogen and oxygen atoms in total. The third-order valence-corrected chi connectivity index (χ3v) is 5.35. The number of amides is 2. The number of anilines is 1. The van der Waals surface area contributed by atoms with E-state index >= 15 is 0 Å². The summed E-state index contributed by atoms with van der Waals surface area (Å²) < 4.78 is 7.21. The van der Waals surface area contributed by atoms with Gasteiger partial charge in [0.05, 0.1) is 27.7 Å². The average molecular weight is 443 g/mol. The number of carbonyl (C=O) groups is 3. The van der Waals surface area contributed by atoms with Gasteiger partial charge in [0.2, 0.25) is 0 Å². The lowest BCUT2D eigenvalue weighted by Gasteiger charge is -2.09. The number of ether oxygens (including phenoxy) is 1. The first-order chi connectivity index (χ1) is 12.3. The van der Waals surface area contributed by atoms with Crippen LogP contribution in [0.5, 0.6) is 0 Å². The van der Waals surface area contributed by atoms with Gasteiger partial charge in [0.25, 0.3) is 11.8 Å². The van der Waals surface area contributed by atoms with Crippen LogP contribution in [0, 0.1) is 6.92 Å². The van der Waals surface area contributed by atoms with Crippen LogP contribution in [-0.2, 0) is 11.3 Å². The average Bonchev–Trinajstić information content (AvgIpc) is 3.12. The summed E-state index contributed by atoms with van der Waals surface area (Å²) in [5, 5.41) is 7.00. The predicted octanol–water partition coefficient (Wildman–Crippen LogP) is 2.95. The van der Waals surface area contributed by atoms with Crippen molar-refractivity contribution in [3.8, 4) is 0 Å². The maximum absolute atomic E-state index is 12.7. The zero-order chi connectivity index (χ0) is 19.4. The molecule has 0 aliphatic carbocycles. The first kappa shape index (κ1) is 20.1. The van der Waals surface area contributed by atoms with E-state index in [1.54, 1.807) is 6.92 Å². The van der Waals surface area contributed by atoms with Gasteiger partial charge < -0.3 is 15.8 Å². The maximum atomic E-state index is 12.7. The SMILES string of the molecule is CCCOC(=O)c1c(NC(=O)c2c(Br)cnn2CC)sc(C(N)=O)c1C. The van der Waals surface area contributed by atoms with Crippen molar-refractivity contribution in [2.75, 3.05) is 11.9 Å². The summed E-state index contributed by atoms with van der Waals surface area (Å²) in [6.45, 7) is 6.05. The molecule has 0 saturated carbocycles. The molecule has 2 rings (SSSR count). The Bertz CT molecular complexity index is 859. The normalized spacial score (nSPS) is 10.6. The van der Waals surface area contributed by atoms with Crippen molar-refractivity contribution < 1.29 is 19.1 Å². The van der Waals surface area contributed by atoms with Gasteiger partial charge in [0, 0.05) is 6.54 Å². The van der Waals surface area contributed by atoms with Crippen LogP contribution in [0.2, 0.25) is 0 Å². The van der Waals surface area contributed by atoms with Crippen molar-refractivity contribution in [3.05, 3.63) is 32.4 Å². The smallest absolute Gasteiger partial charge is 0.341 e. The largest absolute Gasteiger partial charge is 0.462 e. The zero-order valence-corrected chi connectivity index (χ0v) is 17.0. The quantitative estimate of drug-likeness (QED) is 0.639. The van der Waals surface area contributed by atoms with Crippen LogP contribution in [0.15, 0.2) is 10.7 Å². The molecule has 0 atom stereocenters. The summed E-state index contributed by atoms with van der Waals surface area (Å²) in [5.41, 5.74) is 6.22. The highest BCUT2D eigenvalue weighted by Gasteiger charge is 2.27. The Balaban J connectivity index is 2.43. The lowest BCUT2D eigenvalue weighted by atomic mass is 10.1. The summed E-state index contributed by atoms with van der Waals surface area (Å²) in [6, 6.07) is 0. The Kier molecular flexibility index (Phi) is 6.54. The number of primary amides is 1. The number of hydrogen-bond acceptors (Lipinski definition) is 6. The van der Waals surface area contributed by atoms with Gasteiger partial charge in [-0.25, -0.2) is 4.79 Å². The topological polar surface area (TPSA) is 116 Å². The molecule has 0 aromatic carbocycles. The molecule has 2 amide bonds. The molecule has 2 aromatic rings. The van der Waals surface area contributed by atoms with Gasteiger partial charge in [-0.2, -0.15) is 5.10 Å². The summed E-state index contributed by atoms with van der Waals surface area (Å²) in [7, 11) is 0. The number of hydrogen-bond donors (Lipinski definition) is 2. The van der Waals surface area contributed by atoms with Crippen molar-refractivity contribution in [3.63, 3.8) is 0 Å². The molecule has 10 heteroatoms. The summed E-state index contributed by atoms with van der Waals surface area (Å²) in [4.78, 5) is 36.9. The molecule has 0 fully saturated rings. The molecular formula is C16H19BrN4O4S. The number of thiophene rings is 1. The number of nitrogens with two attached hydrogens (primary N) is 1. The number of nitrogens with one attached hydrogen (secondary N) is 1. The summed E-state index contributed by atoms with van der Waals surface area (Å²) >= 11 is 4.24. The van der Waals surface area contributed by atoms with Crippen molar-refractivity contribution in [1.82, 2.24) is 9.78 Å². The van der Waals surface area contributed by atoms with Gasteiger partial charge in [-0.05, 0) is 41.8 Å². The minimum Gasteiger partial charge on any atom is -0.462 e. The van der Waals surface area contributed by atoms with E-state index in [4.69, 9.17) is 10.5 Å². The number of rotatable bonds is 7. The van der Waals surface area contributed by atoms with Gasteiger partial charge in [0.15, 0.2) is 0 Å². The Labute approximate surface area is 162 Å². The van der Waals surface area contributed by atoms with Gasteiger partial charge in [-0.3, -0.25) is 14.3 Å². The van der Waals surface area contributed by atoms with Gasteiger partial charge >= 0.3 is 5.97 Å². The lowest BCUT2D eigenvalue weighted by Crippen LogP contribution is -2.19. The number of halogens is 1. The molecular weight excluding hydrogens is 424 g/mol. The lowest BCUT2D eigenvalue weighted by molar-refractivity contribution is 0.0506. The van der Waals surface area contributed by atoms with Crippen LogP contribution in [0.3, 0.4) is 0 Å². The number of aryl methyl sites for hydroxylation is 1. The molecule has 0 aliphatic rings. The number of esters is 1. The Hall–Kier alpha value is -2.20. The van der Waals surface area contributed by atoms with E-state index in [1.165, 1.54) is 10.9 Å². The van der Waals surface area contributed by atoms with Gasteiger partial charge in [0.1, 0.15) is 10.7 Å². The number of carbonyl (C=O) groups excluding carboxylic acids is 3. The Morgan fingerprint density at radius 3 is 2.65 bits per heavy atom. The monoisotopic (exact) mass is 442 g/mol. The molecule has 0 saturated heterocycles. The molecule has 0 unspecified atom stereocenters. The fourth-order valence-electron chi connectivity index (χ4n) is 2.34. The third-order valence-electron chi connectivity index (χ3n) is 3.55. The van der Waals surface area contributed by atoms with E-state index in [2.05, 4.69) is 26.3 Å². The Morgan fingerprint density at radius 1 is 1.38 bits per heavy atom. The molecule has 0 aliphatic heterocycles. The van der Waals surface area contributed by atoms with Crippen LogP contribution in [-0.4, -0.2) is 34.2 Å². The second-order valence-electron chi connectivity index (χ2n) is 5.37.